The number of hydrogen-bond donors (Lipinski definition) is 1. The van der Waals surface area contributed by atoms with Gasteiger partial charge in [-0.3, -0.25) is 4.79 Å². The molecule has 9 nitrogen and oxygen atoms in total. The monoisotopic (exact) mass is 480 g/mol. The topological polar surface area (TPSA) is 85.2 Å². The predicted molar refractivity (Wildman–Crippen MR) is 129 cm³/mol. The molecule has 1 unspecified atom stereocenters. The molecule has 3 aliphatic heterocycles. The van der Waals surface area contributed by atoms with Crippen molar-refractivity contribution in [3.63, 3.8) is 0 Å². The van der Waals surface area contributed by atoms with E-state index in [9.17, 15) is 18.8 Å². The molecule has 0 radical (unpaired) electrons. The third-order valence-electron chi connectivity index (χ3n) is 6.59. The molecule has 3 heterocycles. The van der Waals surface area contributed by atoms with Crippen LogP contribution in [0, 0.1) is 5.82 Å². The molecule has 0 aromatic heterocycles. The van der Waals surface area contributed by atoms with Crippen molar-refractivity contribution in [2.45, 2.75) is 18.9 Å². The Balaban J connectivity index is 1.29. The van der Waals surface area contributed by atoms with Gasteiger partial charge in [-0.2, -0.15) is 9.37 Å². The molecular formula is C25H27FN5O4+. The minimum atomic E-state index is -0.719. The number of amides is 4. The molecule has 10 heteroatoms. The van der Waals surface area contributed by atoms with Gasteiger partial charge < -0.3 is 19.9 Å². The van der Waals surface area contributed by atoms with Gasteiger partial charge in [0.25, 0.3) is 5.91 Å². The smallest absolute Gasteiger partial charge is 0.478 e. The van der Waals surface area contributed by atoms with E-state index in [4.69, 9.17) is 4.74 Å². The molecule has 1 fully saturated rings. The Morgan fingerprint density at radius 3 is 2.49 bits per heavy atom. The number of ether oxygens (including phenoxy) is 1. The van der Waals surface area contributed by atoms with Gasteiger partial charge in [-0.15, -0.1) is 4.90 Å². The lowest BCUT2D eigenvalue weighted by atomic mass is 9.99. The molecule has 182 valence electrons. The number of likely N-dealkylation sites (N-methyl/N-ethyl adjacent to an activating group) is 1. The van der Waals surface area contributed by atoms with Gasteiger partial charge in [-0.25, -0.2) is 9.18 Å². The minimum Gasteiger partial charge on any atom is -0.478 e. The number of aryl methyl sites for hydroxylation is 1. The van der Waals surface area contributed by atoms with Crippen molar-refractivity contribution >= 4 is 41.1 Å². The number of urea groups is 1. The summed E-state index contributed by atoms with van der Waals surface area (Å²) in [6.07, 6.45) is 1.47. The molecule has 2 aromatic rings. The maximum Gasteiger partial charge on any atom is 0.506 e. The number of piperazine rings is 1. The fourth-order valence-corrected chi connectivity index (χ4v) is 4.60. The van der Waals surface area contributed by atoms with Gasteiger partial charge in [-0.05, 0) is 55.8 Å². The normalized spacial score (nSPS) is 20.4. The first kappa shape index (κ1) is 23.0. The van der Waals surface area contributed by atoms with E-state index in [-0.39, 0.29) is 11.7 Å². The highest BCUT2D eigenvalue weighted by Gasteiger charge is 2.40. The largest absolute Gasteiger partial charge is 0.506 e. The maximum absolute atomic E-state index is 14.3. The van der Waals surface area contributed by atoms with E-state index in [1.165, 1.54) is 30.0 Å². The summed E-state index contributed by atoms with van der Waals surface area (Å²) in [6.45, 7) is 3.26. The first-order valence-corrected chi connectivity index (χ1v) is 11.6. The Morgan fingerprint density at radius 1 is 1.11 bits per heavy atom. The van der Waals surface area contributed by atoms with E-state index in [1.807, 2.05) is 0 Å². The number of hydrogen-bond acceptors (Lipinski definition) is 6. The highest BCUT2D eigenvalue weighted by molar-refractivity contribution is 6.40. The van der Waals surface area contributed by atoms with E-state index in [1.54, 1.807) is 24.3 Å². The Hall–Kier alpha value is -3.79. The van der Waals surface area contributed by atoms with E-state index in [0.717, 1.165) is 36.6 Å². The van der Waals surface area contributed by atoms with Crippen molar-refractivity contribution in [3.05, 3.63) is 47.8 Å². The number of nitrogens with one attached hydrogen (secondary N) is 1. The third-order valence-corrected chi connectivity index (χ3v) is 6.59. The van der Waals surface area contributed by atoms with Crippen LogP contribution in [0.25, 0.3) is 0 Å². The summed E-state index contributed by atoms with van der Waals surface area (Å²) >= 11 is 0. The second-order valence-corrected chi connectivity index (χ2v) is 9.08. The van der Waals surface area contributed by atoms with Crippen molar-refractivity contribution in [1.29, 1.82) is 0 Å². The van der Waals surface area contributed by atoms with Gasteiger partial charge >= 0.3 is 11.9 Å². The van der Waals surface area contributed by atoms with Crippen LogP contribution in [0.1, 0.15) is 12.0 Å². The second kappa shape index (κ2) is 9.10. The molecule has 0 saturated carbocycles. The van der Waals surface area contributed by atoms with Gasteiger partial charge in [0.05, 0.1) is 12.7 Å². The highest BCUT2D eigenvalue weighted by Crippen LogP contribution is 2.39. The zero-order valence-corrected chi connectivity index (χ0v) is 19.7. The van der Waals surface area contributed by atoms with Crippen LogP contribution in [0.2, 0.25) is 0 Å². The highest BCUT2D eigenvalue weighted by atomic mass is 19.1. The molecule has 0 bridgehead atoms. The zero-order chi connectivity index (χ0) is 24.7. The Labute approximate surface area is 202 Å². The van der Waals surface area contributed by atoms with Crippen LogP contribution in [0.5, 0.6) is 5.75 Å². The number of halogens is 1. The fourth-order valence-electron chi connectivity index (χ4n) is 4.60. The fraction of sp³-hybridized carbons (Fsp3) is 0.360. The molecule has 1 N–H and O–H groups in total. The molecule has 3 aliphatic rings. The summed E-state index contributed by atoms with van der Waals surface area (Å²) in [6, 6.07) is 9.00. The standard InChI is InChI=1S/C25H26FN5O4/c1-28-9-11-30(12-10-28)20-14-17(26)13-16-3-8-21(35-23(16)20)24(33)27-18-4-6-19(7-5-18)31-22(32)15-29(2)25(31)34/h4-7,13-15,21H,3,8-12H2,1-2H3/p+1. The lowest BCUT2D eigenvalue weighted by molar-refractivity contribution is -0.379. The van der Waals surface area contributed by atoms with Crippen LogP contribution in [0.3, 0.4) is 0 Å². The lowest BCUT2D eigenvalue weighted by Gasteiger charge is -2.37. The number of carbonyl (C=O) groups is 3. The number of nitrogens with zero attached hydrogens (tertiary/aromatic N) is 4. The Kier molecular flexibility index (Phi) is 5.98. The Morgan fingerprint density at radius 2 is 1.83 bits per heavy atom. The van der Waals surface area contributed by atoms with Crippen LogP contribution >= 0.6 is 0 Å². The van der Waals surface area contributed by atoms with E-state index >= 15 is 0 Å². The van der Waals surface area contributed by atoms with E-state index < -0.39 is 18.0 Å². The average Bonchev–Trinajstić information content (AvgIpc) is 3.10. The van der Waals surface area contributed by atoms with Crippen molar-refractivity contribution in [3.8, 4) is 5.75 Å². The summed E-state index contributed by atoms with van der Waals surface area (Å²) < 4.78 is 21.7. The molecule has 0 aliphatic carbocycles. The van der Waals surface area contributed by atoms with Crippen molar-refractivity contribution in [1.82, 2.24) is 4.90 Å². The average molecular weight is 481 g/mol. The number of imide groups is 1. The Bertz CT molecular complexity index is 1220. The SMILES string of the molecule is CN1CCN(c2cc(F)cc3c2OC(C(=O)Nc2ccc(N4C(=O)C=[N+](C)C4=O)cc2)CC3)CC1. The maximum atomic E-state index is 14.3. The summed E-state index contributed by atoms with van der Waals surface area (Å²) in [5, 5.41) is 2.84. The van der Waals surface area contributed by atoms with Crippen LogP contribution in [0.15, 0.2) is 36.4 Å². The van der Waals surface area contributed by atoms with E-state index in [0.29, 0.717) is 35.7 Å². The lowest BCUT2D eigenvalue weighted by Crippen LogP contribution is -2.45. The predicted octanol–water partition coefficient (Wildman–Crippen LogP) is 2.09. The minimum absolute atomic E-state index is 0.303. The van der Waals surface area contributed by atoms with E-state index in [2.05, 4.69) is 22.2 Å². The van der Waals surface area contributed by atoms with Crippen LogP contribution in [-0.4, -0.2) is 79.9 Å². The quantitative estimate of drug-likeness (QED) is 0.675. The summed E-state index contributed by atoms with van der Waals surface area (Å²) in [5.41, 5.74) is 2.40. The first-order chi connectivity index (χ1) is 16.8. The molecule has 1 atom stereocenters. The van der Waals surface area contributed by atoms with Crippen molar-refractivity contribution in [2.24, 2.45) is 0 Å². The summed E-state index contributed by atoms with van der Waals surface area (Å²) in [5.74, 6) is -0.457. The molecular weight excluding hydrogens is 453 g/mol. The van der Waals surface area contributed by atoms with Crippen molar-refractivity contribution in [2.75, 3.05) is 55.4 Å². The van der Waals surface area contributed by atoms with Gasteiger partial charge in [-0.1, -0.05) is 0 Å². The molecule has 35 heavy (non-hydrogen) atoms. The number of benzene rings is 2. The second-order valence-electron chi connectivity index (χ2n) is 9.08. The summed E-state index contributed by atoms with van der Waals surface area (Å²) in [4.78, 5) is 42.6. The number of anilines is 3. The van der Waals surface area contributed by atoms with Crippen LogP contribution in [0.4, 0.5) is 26.2 Å². The van der Waals surface area contributed by atoms with Crippen LogP contribution in [-0.2, 0) is 16.0 Å². The first-order valence-electron chi connectivity index (χ1n) is 11.6. The number of fused-ring (bicyclic) bond motifs is 1. The molecule has 0 spiro atoms. The third kappa shape index (κ3) is 4.49. The van der Waals surface area contributed by atoms with Gasteiger partial charge in [0.15, 0.2) is 12.3 Å². The van der Waals surface area contributed by atoms with Gasteiger partial charge in [0.1, 0.15) is 17.3 Å². The zero-order valence-electron chi connectivity index (χ0n) is 19.7. The molecule has 1 saturated heterocycles. The summed E-state index contributed by atoms with van der Waals surface area (Å²) in [7, 11) is 3.57. The number of rotatable bonds is 4. The molecule has 5 rings (SSSR count). The van der Waals surface area contributed by atoms with Gasteiger partial charge in [0, 0.05) is 37.9 Å². The molecule has 2 aromatic carbocycles. The van der Waals surface area contributed by atoms with Gasteiger partial charge in [0.2, 0.25) is 0 Å². The molecule has 4 amide bonds. The van der Waals surface area contributed by atoms with Crippen molar-refractivity contribution < 1.29 is 28.1 Å². The van der Waals surface area contributed by atoms with Crippen LogP contribution < -0.4 is 19.9 Å². The number of carbonyl (C=O) groups excluding carboxylic acids is 3.